The van der Waals surface area contributed by atoms with Crippen molar-refractivity contribution >= 4 is 19.4 Å². The van der Waals surface area contributed by atoms with Crippen LogP contribution in [-0.2, 0) is 5.32 Å². The molecule has 0 radical (unpaired) electrons. The monoisotopic (exact) mass is 328 g/mol. The molecule has 0 fully saturated rings. The van der Waals surface area contributed by atoms with E-state index in [2.05, 4.69) is 73.4 Å². The number of benzene rings is 2. The van der Waals surface area contributed by atoms with Crippen LogP contribution in [0.4, 0.5) is 0 Å². The van der Waals surface area contributed by atoms with Crippen LogP contribution in [0.25, 0.3) is 0 Å². The predicted molar refractivity (Wildman–Crippen MR) is 88.4 cm³/mol. The van der Waals surface area contributed by atoms with Crippen molar-refractivity contribution < 1.29 is 0 Å². The van der Waals surface area contributed by atoms with Crippen molar-refractivity contribution in [3.05, 3.63) is 65.7 Å². The van der Waals surface area contributed by atoms with Crippen LogP contribution in [0.5, 0.6) is 0 Å². The molecule has 0 bridgehead atoms. The van der Waals surface area contributed by atoms with Gasteiger partial charge in [0, 0.05) is 0 Å². The Hall–Kier alpha value is -1.48. The molecule has 0 saturated heterocycles. The molecule has 0 aliphatic rings. The predicted octanol–water partition coefficient (Wildman–Crippen LogP) is 3.76. The van der Waals surface area contributed by atoms with Crippen molar-refractivity contribution in [3.8, 4) is 11.8 Å². The molecule has 20 heavy (non-hydrogen) atoms. The van der Waals surface area contributed by atoms with Crippen molar-refractivity contribution in [1.29, 1.82) is 0 Å². The van der Waals surface area contributed by atoms with Crippen LogP contribution in [0, 0.1) is 11.8 Å². The first-order chi connectivity index (χ1) is 9.90. The van der Waals surface area contributed by atoms with Crippen molar-refractivity contribution in [2.45, 2.75) is 31.5 Å². The van der Waals surface area contributed by atoms with Gasteiger partial charge in [-0.2, -0.15) is 0 Å². The third kappa shape index (κ3) is 4.89. The van der Waals surface area contributed by atoms with Crippen LogP contribution in [0.2, 0.25) is 0 Å². The Morgan fingerprint density at radius 3 is 2.50 bits per heavy atom. The fraction of sp³-hybridized carbons (Fsp3) is 0.263. The second-order valence-corrected chi connectivity index (χ2v) is 6.86. The van der Waals surface area contributed by atoms with Crippen LogP contribution in [0.15, 0.2) is 54.6 Å². The first-order valence-corrected chi connectivity index (χ1v) is 9.21. The minimum absolute atomic E-state index is 0.489. The van der Waals surface area contributed by atoms with Gasteiger partial charge in [0.2, 0.25) is 0 Å². The Balaban J connectivity index is 2.02. The zero-order chi connectivity index (χ0) is 14.0. The van der Waals surface area contributed by atoms with Gasteiger partial charge in [-0.3, -0.25) is 0 Å². The van der Waals surface area contributed by atoms with Gasteiger partial charge in [0.15, 0.2) is 0 Å². The molecule has 0 unspecified atom stereocenters. The van der Waals surface area contributed by atoms with E-state index in [9.17, 15) is 0 Å². The molecule has 0 aliphatic carbocycles. The van der Waals surface area contributed by atoms with Crippen molar-refractivity contribution in [2.75, 3.05) is 0 Å². The quantitative estimate of drug-likeness (QED) is 0.446. The molecule has 0 N–H and O–H groups in total. The summed E-state index contributed by atoms with van der Waals surface area (Å²) in [6.45, 7) is 2.21. The molecule has 0 amide bonds. The van der Waals surface area contributed by atoms with Crippen LogP contribution >= 0.6 is 0 Å². The van der Waals surface area contributed by atoms with Gasteiger partial charge < -0.3 is 0 Å². The van der Waals surface area contributed by atoms with Gasteiger partial charge in [0.25, 0.3) is 0 Å². The van der Waals surface area contributed by atoms with Crippen LogP contribution in [0.1, 0.15) is 37.3 Å². The van der Waals surface area contributed by atoms with E-state index in [-0.39, 0.29) is 0 Å². The van der Waals surface area contributed by atoms with Gasteiger partial charge in [0.1, 0.15) is 0 Å². The Labute approximate surface area is 128 Å². The van der Waals surface area contributed by atoms with E-state index in [1.54, 1.807) is 0 Å². The molecule has 0 nitrogen and oxygen atoms in total. The number of unbranched alkanes of at least 4 members (excludes halogenated alkanes) is 2. The average molecular weight is 327 g/mol. The summed E-state index contributed by atoms with van der Waals surface area (Å²) in [5.74, 6) is 6.64. The van der Waals surface area contributed by atoms with Crippen LogP contribution in [0.3, 0.4) is 0 Å². The molecule has 2 rings (SSSR count). The molecule has 0 aromatic heterocycles. The van der Waals surface area contributed by atoms with Gasteiger partial charge in [-0.25, -0.2) is 0 Å². The molecule has 102 valence electrons. The topological polar surface area (TPSA) is 0 Å². The molecule has 2 aromatic rings. The van der Waals surface area contributed by atoms with E-state index in [1.807, 2.05) is 0 Å². The standard InChI is InChI=1S/C19H20Se/c1-2-3-4-6-11-17-12-9-10-13-18(17)16-20-19-14-7-5-8-15-19/h5,7-10,12-15H,2-4,16H2,1H3. The summed E-state index contributed by atoms with van der Waals surface area (Å²) in [4.78, 5) is 0. The molecular weight excluding hydrogens is 307 g/mol. The fourth-order valence-corrected chi connectivity index (χ4v) is 3.81. The maximum absolute atomic E-state index is 3.34. The summed E-state index contributed by atoms with van der Waals surface area (Å²) in [5.41, 5.74) is 2.60. The first-order valence-electron chi connectivity index (χ1n) is 7.15. The third-order valence-electron chi connectivity index (χ3n) is 3.03. The Bertz CT molecular complexity index is 575. The first kappa shape index (κ1) is 14.9. The van der Waals surface area contributed by atoms with Gasteiger partial charge in [0.05, 0.1) is 0 Å². The van der Waals surface area contributed by atoms with Crippen molar-refractivity contribution in [1.82, 2.24) is 0 Å². The summed E-state index contributed by atoms with van der Waals surface area (Å²) in [7, 11) is 0. The Kier molecular flexibility index (Phi) is 6.45. The molecule has 0 spiro atoms. The minimum atomic E-state index is 0.489. The van der Waals surface area contributed by atoms with E-state index >= 15 is 0 Å². The van der Waals surface area contributed by atoms with E-state index in [1.165, 1.54) is 28.4 Å². The van der Waals surface area contributed by atoms with Crippen LogP contribution in [-0.4, -0.2) is 15.0 Å². The van der Waals surface area contributed by atoms with Crippen LogP contribution < -0.4 is 4.46 Å². The molecule has 2 aromatic carbocycles. The number of rotatable bonds is 5. The van der Waals surface area contributed by atoms with E-state index < -0.39 is 0 Å². The third-order valence-corrected chi connectivity index (χ3v) is 5.26. The average Bonchev–Trinajstić information content (AvgIpc) is 2.51. The summed E-state index contributed by atoms with van der Waals surface area (Å²) in [5, 5.41) is 1.12. The zero-order valence-electron chi connectivity index (χ0n) is 11.9. The van der Waals surface area contributed by atoms with Crippen molar-refractivity contribution in [3.63, 3.8) is 0 Å². The molecule has 0 saturated carbocycles. The molecule has 0 atom stereocenters. The summed E-state index contributed by atoms with van der Waals surface area (Å²) < 4.78 is 1.45. The van der Waals surface area contributed by atoms with Gasteiger partial charge in [-0.1, -0.05) is 0 Å². The van der Waals surface area contributed by atoms with Gasteiger partial charge in [-0.05, 0) is 0 Å². The zero-order valence-corrected chi connectivity index (χ0v) is 13.6. The van der Waals surface area contributed by atoms with Gasteiger partial charge in [-0.15, -0.1) is 0 Å². The van der Waals surface area contributed by atoms with E-state index in [0.717, 1.165) is 11.7 Å². The summed E-state index contributed by atoms with van der Waals surface area (Å²) in [6, 6.07) is 19.3. The van der Waals surface area contributed by atoms with E-state index in [4.69, 9.17) is 0 Å². The molecule has 0 heterocycles. The maximum atomic E-state index is 3.34. The molecule has 1 heteroatoms. The fourth-order valence-electron chi connectivity index (χ4n) is 1.87. The Morgan fingerprint density at radius 1 is 0.950 bits per heavy atom. The molecular formula is C19H20Se. The summed E-state index contributed by atoms with van der Waals surface area (Å²) in [6.07, 6.45) is 3.42. The SMILES string of the molecule is CCCCC#Cc1ccccc1C[Se]c1ccccc1. The molecule has 0 aliphatic heterocycles. The number of hydrogen-bond acceptors (Lipinski definition) is 0. The second-order valence-electron chi connectivity index (χ2n) is 4.66. The van der Waals surface area contributed by atoms with E-state index in [0.29, 0.717) is 15.0 Å². The number of hydrogen-bond donors (Lipinski definition) is 0. The van der Waals surface area contributed by atoms with Gasteiger partial charge >= 0.3 is 128 Å². The Morgan fingerprint density at radius 2 is 1.70 bits per heavy atom. The van der Waals surface area contributed by atoms with Crippen molar-refractivity contribution in [2.24, 2.45) is 0 Å². The normalized spacial score (nSPS) is 9.85. The summed E-state index contributed by atoms with van der Waals surface area (Å²) >= 11 is 0.489. The second kappa shape index (κ2) is 8.64.